The Kier molecular flexibility index (Phi) is 5.96. The van der Waals surface area contributed by atoms with Gasteiger partial charge in [-0.1, -0.05) is 0 Å². The molecule has 1 heterocycles. The van der Waals surface area contributed by atoms with Gasteiger partial charge in [0.25, 0.3) is 0 Å². The lowest BCUT2D eigenvalue weighted by atomic mass is 9.89. The zero-order valence-corrected chi connectivity index (χ0v) is 15.6. The third-order valence-electron chi connectivity index (χ3n) is 4.83. The summed E-state index contributed by atoms with van der Waals surface area (Å²) in [6.45, 7) is 0.342. The fourth-order valence-corrected chi connectivity index (χ4v) is 3.27. The van der Waals surface area contributed by atoms with Crippen LogP contribution in [0.2, 0.25) is 0 Å². The van der Waals surface area contributed by atoms with Gasteiger partial charge in [-0.15, -0.1) is 12.4 Å². The van der Waals surface area contributed by atoms with Crippen molar-refractivity contribution in [1.82, 2.24) is 10.3 Å². The Balaban J connectivity index is 0.00000225. The van der Waals surface area contributed by atoms with E-state index in [4.69, 9.17) is 10.5 Å². The maximum absolute atomic E-state index is 14.3. The van der Waals surface area contributed by atoms with Gasteiger partial charge in [-0.25, -0.2) is 18.2 Å². The number of rotatable bonds is 5. The van der Waals surface area contributed by atoms with Crippen molar-refractivity contribution < 1.29 is 17.9 Å². The summed E-state index contributed by atoms with van der Waals surface area (Å²) < 4.78 is 46.4. The van der Waals surface area contributed by atoms with Gasteiger partial charge in [0.1, 0.15) is 23.6 Å². The van der Waals surface area contributed by atoms with Gasteiger partial charge in [-0.05, 0) is 48.6 Å². The second-order valence-electron chi connectivity index (χ2n) is 6.72. The van der Waals surface area contributed by atoms with Crippen molar-refractivity contribution in [1.29, 1.82) is 0 Å². The molecular formula is C20H19ClF3N3O. The highest BCUT2D eigenvalue weighted by Gasteiger charge is 2.31. The molecule has 3 aromatic rings. The molecule has 0 saturated heterocycles. The fourth-order valence-electron chi connectivity index (χ4n) is 3.27. The van der Waals surface area contributed by atoms with E-state index in [0.717, 1.165) is 22.9 Å². The number of nitrogens with two attached hydrogens (primary N) is 1. The molecule has 2 aromatic carbocycles. The summed E-state index contributed by atoms with van der Waals surface area (Å²) in [4.78, 5) is 4.03. The summed E-state index contributed by atoms with van der Waals surface area (Å²) in [6, 6.07) is 8.14. The summed E-state index contributed by atoms with van der Waals surface area (Å²) in [5, 5.41) is 4.85. The topological polar surface area (TPSA) is 60.2 Å². The minimum atomic E-state index is -0.713. The largest absolute Gasteiger partial charge is 0.487 e. The number of nitrogen functional groups attached to an aromatic ring is 1. The Hall–Kier alpha value is -2.51. The van der Waals surface area contributed by atoms with Gasteiger partial charge in [0.2, 0.25) is 0 Å². The van der Waals surface area contributed by atoms with Crippen molar-refractivity contribution in [3.8, 4) is 5.75 Å². The van der Waals surface area contributed by atoms with Crippen molar-refractivity contribution in [2.75, 3.05) is 5.73 Å². The zero-order valence-electron chi connectivity index (χ0n) is 14.8. The van der Waals surface area contributed by atoms with E-state index in [9.17, 15) is 13.2 Å². The summed E-state index contributed by atoms with van der Waals surface area (Å²) in [5.41, 5.74) is 6.26. The van der Waals surface area contributed by atoms with E-state index in [0.29, 0.717) is 30.8 Å². The Morgan fingerprint density at radius 1 is 1.07 bits per heavy atom. The number of hydrogen-bond donors (Lipinski definition) is 2. The maximum Gasteiger partial charge on any atom is 0.167 e. The number of aromatic nitrogens is 1. The third kappa shape index (κ3) is 4.15. The van der Waals surface area contributed by atoms with Crippen molar-refractivity contribution in [2.45, 2.75) is 31.5 Å². The highest BCUT2D eigenvalue weighted by molar-refractivity contribution is 5.87. The van der Waals surface area contributed by atoms with E-state index in [1.807, 2.05) is 0 Å². The number of pyridine rings is 1. The lowest BCUT2D eigenvalue weighted by Gasteiger charge is -2.36. The summed E-state index contributed by atoms with van der Waals surface area (Å²) in [7, 11) is 0. The average molecular weight is 410 g/mol. The van der Waals surface area contributed by atoms with Crippen molar-refractivity contribution in [3.05, 3.63) is 65.6 Å². The molecule has 4 rings (SSSR count). The van der Waals surface area contributed by atoms with Gasteiger partial charge >= 0.3 is 0 Å². The molecular weight excluding hydrogens is 391 g/mol. The molecule has 148 valence electrons. The van der Waals surface area contributed by atoms with E-state index >= 15 is 0 Å². The number of hydrogen-bond acceptors (Lipinski definition) is 4. The zero-order chi connectivity index (χ0) is 19.0. The Bertz CT molecular complexity index is 991. The molecule has 0 unspecified atom stereocenters. The number of anilines is 1. The Morgan fingerprint density at radius 2 is 1.86 bits per heavy atom. The van der Waals surface area contributed by atoms with E-state index in [1.165, 1.54) is 12.1 Å². The summed E-state index contributed by atoms with van der Waals surface area (Å²) in [5.74, 6) is -1.27. The van der Waals surface area contributed by atoms with E-state index in [2.05, 4.69) is 10.3 Å². The molecule has 0 bridgehead atoms. The van der Waals surface area contributed by atoms with Crippen LogP contribution < -0.4 is 15.8 Å². The lowest BCUT2D eigenvalue weighted by molar-refractivity contribution is 0.0801. The average Bonchev–Trinajstić information content (AvgIpc) is 2.60. The summed E-state index contributed by atoms with van der Waals surface area (Å²) >= 11 is 0. The van der Waals surface area contributed by atoms with Crippen LogP contribution >= 0.6 is 12.4 Å². The second-order valence-corrected chi connectivity index (χ2v) is 6.72. The molecule has 8 heteroatoms. The quantitative estimate of drug-likeness (QED) is 0.657. The standard InChI is InChI=1S/C20H18F3N3O.ClH/c21-12-2-4-19(18(23)5-12)27-14-6-13(7-14)25-10-16-15-8-20(24)26-9-11(15)1-3-17(16)22;/h1-5,8-9,13-14,25H,6-7,10H2,(H2,24,26);1H. The first-order chi connectivity index (χ1) is 13.0. The van der Waals surface area contributed by atoms with Crippen LogP contribution in [0.15, 0.2) is 42.6 Å². The first-order valence-corrected chi connectivity index (χ1v) is 8.67. The number of nitrogens with one attached hydrogen (secondary N) is 1. The SMILES string of the molecule is Cl.Nc1cc2c(CNC3CC(Oc4ccc(F)cc4F)C3)c(F)ccc2cn1. The van der Waals surface area contributed by atoms with Gasteiger partial charge in [-0.2, -0.15) is 0 Å². The predicted molar refractivity (Wildman–Crippen MR) is 104 cm³/mol. The maximum atomic E-state index is 14.3. The molecule has 0 aliphatic heterocycles. The van der Waals surface area contributed by atoms with Crippen LogP contribution in [-0.2, 0) is 6.54 Å². The minimum Gasteiger partial charge on any atom is -0.487 e. The first-order valence-electron chi connectivity index (χ1n) is 8.67. The number of fused-ring (bicyclic) bond motifs is 1. The normalized spacial score (nSPS) is 18.4. The van der Waals surface area contributed by atoms with Crippen molar-refractivity contribution >= 4 is 29.0 Å². The van der Waals surface area contributed by atoms with E-state index in [-0.39, 0.29) is 36.1 Å². The van der Waals surface area contributed by atoms with E-state index in [1.54, 1.807) is 18.3 Å². The second kappa shape index (κ2) is 8.24. The van der Waals surface area contributed by atoms with Crippen LogP contribution in [0.1, 0.15) is 18.4 Å². The molecule has 1 aromatic heterocycles. The number of nitrogens with zero attached hydrogens (tertiary/aromatic N) is 1. The van der Waals surface area contributed by atoms with Crippen LogP contribution in [0.4, 0.5) is 19.0 Å². The molecule has 1 aliphatic rings. The van der Waals surface area contributed by atoms with Gasteiger partial charge < -0.3 is 15.8 Å². The smallest absolute Gasteiger partial charge is 0.167 e. The molecule has 1 aliphatic carbocycles. The highest BCUT2D eigenvalue weighted by Crippen LogP contribution is 2.29. The van der Waals surface area contributed by atoms with Crippen LogP contribution in [0.5, 0.6) is 5.75 Å². The highest BCUT2D eigenvalue weighted by atomic mass is 35.5. The van der Waals surface area contributed by atoms with E-state index < -0.39 is 11.6 Å². The van der Waals surface area contributed by atoms with Crippen molar-refractivity contribution in [2.24, 2.45) is 0 Å². The minimum absolute atomic E-state index is 0. The fraction of sp³-hybridized carbons (Fsp3) is 0.250. The molecule has 3 N–H and O–H groups in total. The number of ether oxygens (including phenoxy) is 1. The predicted octanol–water partition coefficient (Wildman–Crippen LogP) is 4.36. The third-order valence-corrected chi connectivity index (χ3v) is 4.83. The molecule has 1 saturated carbocycles. The Labute approximate surface area is 166 Å². The van der Waals surface area contributed by atoms with Gasteiger partial charge in [0, 0.05) is 35.8 Å². The molecule has 0 amide bonds. The van der Waals surface area contributed by atoms with Gasteiger partial charge in [0.15, 0.2) is 11.6 Å². The van der Waals surface area contributed by atoms with Crippen LogP contribution in [0.3, 0.4) is 0 Å². The number of benzene rings is 2. The van der Waals surface area contributed by atoms with Gasteiger partial charge in [0.05, 0.1) is 0 Å². The molecule has 0 radical (unpaired) electrons. The van der Waals surface area contributed by atoms with Crippen LogP contribution in [-0.4, -0.2) is 17.1 Å². The Morgan fingerprint density at radius 3 is 2.61 bits per heavy atom. The monoisotopic (exact) mass is 409 g/mol. The van der Waals surface area contributed by atoms with Crippen molar-refractivity contribution in [3.63, 3.8) is 0 Å². The molecule has 28 heavy (non-hydrogen) atoms. The molecule has 4 nitrogen and oxygen atoms in total. The van der Waals surface area contributed by atoms with Crippen LogP contribution in [0, 0.1) is 17.5 Å². The lowest BCUT2D eigenvalue weighted by Crippen LogP contribution is -2.46. The number of halogens is 4. The molecule has 0 atom stereocenters. The first kappa shape index (κ1) is 20.2. The van der Waals surface area contributed by atoms with Gasteiger partial charge in [-0.3, -0.25) is 0 Å². The van der Waals surface area contributed by atoms with Crippen LogP contribution in [0.25, 0.3) is 10.8 Å². The molecule has 0 spiro atoms. The summed E-state index contributed by atoms with van der Waals surface area (Å²) in [6.07, 6.45) is 2.79. The molecule has 1 fully saturated rings.